The highest BCUT2D eigenvalue weighted by molar-refractivity contribution is 5.76. The standard InChI is InChI=1S/C15H17N3O/c1-11-9-12(2)18(17-11)14-7-3-5-13(10-14)6-4-8-15(16)19/h3-7,9-10H,8H2,1-2H3,(H2,16,19). The van der Waals surface area contributed by atoms with Crippen LogP contribution in [0.4, 0.5) is 0 Å². The number of aryl methyl sites for hydroxylation is 2. The predicted octanol–water partition coefficient (Wildman–Crippen LogP) is 2.38. The molecular weight excluding hydrogens is 238 g/mol. The zero-order valence-corrected chi connectivity index (χ0v) is 11.1. The SMILES string of the molecule is Cc1cc(C)n(-c2cccc(C=CCC(N)=O)c2)n1. The Kier molecular flexibility index (Phi) is 3.80. The maximum Gasteiger partial charge on any atom is 0.221 e. The number of carbonyl (C=O) groups is 1. The van der Waals surface area contributed by atoms with Crippen LogP contribution in [0.1, 0.15) is 23.4 Å². The number of primary amides is 1. The molecule has 0 bridgehead atoms. The highest BCUT2D eigenvalue weighted by Gasteiger charge is 2.03. The van der Waals surface area contributed by atoms with Gasteiger partial charge in [-0.15, -0.1) is 0 Å². The van der Waals surface area contributed by atoms with Gasteiger partial charge < -0.3 is 5.73 Å². The first-order valence-electron chi connectivity index (χ1n) is 6.15. The summed E-state index contributed by atoms with van der Waals surface area (Å²) < 4.78 is 1.90. The van der Waals surface area contributed by atoms with Crippen molar-refractivity contribution in [1.29, 1.82) is 0 Å². The maximum absolute atomic E-state index is 10.7. The lowest BCUT2D eigenvalue weighted by atomic mass is 10.1. The third kappa shape index (κ3) is 3.31. The van der Waals surface area contributed by atoms with Crippen LogP contribution in [0.3, 0.4) is 0 Å². The number of nitrogens with two attached hydrogens (primary N) is 1. The number of amides is 1. The number of hydrogen-bond donors (Lipinski definition) is 1. The van der Waals surface area contributed by atoms with Crippen molar-refractivity contribution in [3.8, 4) is 5.69 Å². The minimum atomic E-state index is -0.328. The zero-order valence-electron chi connectivity index (χ0n) is 11.1. The summed E-state index contributed by atoms with van der Waals surface area (Å²) >= 11 is 0. The smallest absolute Gasteiger partial charge is 0.221 e. The molecule has 2 N–H and O–H groups in total. The molecule has 0 saturated heterocycles. The average Bonchev–Trinajstić information content (AvgIpc) is 2.68. The lowest BCUT2D eigenvalue weighted by molar-refractivity contribution is -0.117. The summed E-state index contributed by atoms with van der Waals surface area (Å²) in [6.45, 7) is 4.00. The van der Waals surface area contributed by atoms with E-state index in [1.807, 2.05) is 54.9 Å². The van der Waals surface area contributed by atoms with Gasteiger partial charge in [-0.05, 0) is 37.6 Å². The molecule has 98 valence electrons. The molecule has 4 nitrogen and oxygen atoms in total. The van der Waals surface area contributed by atoms with E-state index in [4.69, 9.17) is 5.73 Å². The molecule has 0 atom stereocenters. The van der Waals surface area contributed by atoms with Gasteiger partial charge in [0.05, 0.1) is 11.4 Å². The van der Waals surface area contributed by atoms with E-state index in [0.29, 0.717) is 0 Å². The minimum Gasteiger partial charge on any atom is -0.369 e. The monoisotopic (exact) mass is 255 g/mol. The summed E-state index contributed by atoms with van der Waals surface area (Å²) in [5.74, 6) is -0.328. The molecule has 2 aromatic rings. The molecule has 0 aliphatic heterocycles. The number of carbonyl (C=O) groups excluding carboxylic acids is 1. The molecule has 1 aromatic heterocycles. The Morgan fingerprint density at radius 3 is 2.79 bits per heavy atom. The number of hydrogen-bond acceptors (Lipinski definition) is 2. The van der Waals surface area contributed by atoms with Crippen LogP contribution >= 0.6 is 0 Å². The molecule has 1 amide bonds. The van der Waals surface area contributed by atoms with Gasteiger partial charge in [0, 0.05) is 12.1 Å². The molecule has 0 unspecified atom stereocenters. The molecule has 0 aliphatic rings. The highest BCUT2D eigenvalue weighted by Crippen LogP contribution is 2.14. The normalized spacial score (nSPS) is 11.1. The summed E-state index contributed by atoms with van der Waals surface area (Å²) in [7, 11) is 0. The molecular formula is C15H17N3O. The van der Waals surface area contributed by atoms with Crippen molar-refractivity contribution in [3.05, 3.63) is 53.4 Å². The van der Waals surface area contributed by atoms with E-state index >= 15 is 0 Å². The first-order chi connectivity index (χ1) is 9.06. The Morgan fingerprint density at radius 1 is 1.37 bits per heavy atom. The highest BCUT2D eigenvalue weighted by atomic mass is 16.1. The van der Waals surface area contributed by atoms with Crippen molar-refractivity contribution in [2.24, 2.45) is 5.73 Å². The molecule has 1 aromatic carbocycles. The van der Waals surface area contributed by atoms with Crippen LogP contribution in [0.5, 0.6) is 0 Å². The Morgan fingerprint density at radius 2 is 2.16 bits per heavy atom. The Bertz CT molecular complexity index is 626. The Labute approximate surface area is 112 Å². The fourth-order valence-corrected chi connectivity index (χ4v) is 1.96. The predicted molar refractivity (Wildman–Crippen MR) is 75.9 cm³/mol. The van der Waals surface area contributed by atoms with E-state index in [1.165, 1.54) is 0 Å². The largest absolute Gasteiger partial charge is 0.369 e. The number of aromatic nitrogens is 2. The second-order valence-electron chi connectivity index (χ2n) is 4.51. The van der Waals surface area contributed by atoms with Crippen LogP contribution in [0, 0.1) is 13.8 Å². The third-order valence-electron chi connectivity index (χ3n) is 2.75. The van der Waals surface area contributed by atoms with Crippen molar-refractivity contribution in [2.45, 2.75) is 20.3 Å². The van der Waals surface area contributed by atoms with E-state index < -0.39 is 0 Å². The van der Waals surface area contributed by atoms with Crippen LogP contribution < -0.4 is 5.73 Å². The quantitative estimate of drug-likeness (QED) is 0.911. The molecule has 0 aliphatic carbocycles. The summed E-state index contributed by atoms with van der Waals surface area (Å²) in [6.07, 6.45) is 3.91. The fourth-order valence-electron chi connectivity index (χ4n) is 1.96. The van der Waals surface area contributed by atoms with Crippen LogP contribution in [0.15, 0.2) is 36.4 Å². The number of benzene rings is 1. The first-order valence-corrected chi connectivity index (χ1v) is 6.15. The van der Waals surface area contributed by atoms with Gasteiger partial charge in [-0.25, -0.2) is 4.68 Å². The summed E-state index contributed by atoms with van der Waals surface area (Å²) in [5, 5.41) is 4.45. The fraction of sp³-hybridized carbons (Fsp3) is 0.200. The lowest BCUT2D eigenvalue weighted by Crippen LogP contribution is -2.07. The second-order valence-corrected chi connectivity index (χ2v) is 4.51. The number of nitrogens with zero attached hydrogens (tertiary/aromatic N) is 2. The summed E-state index contributed by atoms with van der Waals surface area (Å²) in [4.78, 5) is 10.7. The van der Waals surface area contributed by atoms with E-state index in [-0.39, 0.29) is 12.3 Å². The molecule has 4 heteroatoms. The van der Waals surface area contributed by atoms with E-state index in [9.17, 15) is 4.79 Å². The van der Waals surface area contributed by atoms with Crippen LogP contribution in [0.25, 0.3) is 11.8 Å². The lowest BCUT2D eigenvalue weighted by Gasteiger charge is -2.05. The van der Waals surface area contributed by atoms with Gasteiger partial charge in [-0.1, -0.05) is 24.3 Å². The van der Waals surface area contributed by atoms with Crippen molar-refractivity contribution in [2.75, 3.05) is 0 Å². The molecule has 0 spiro atoms. The minimum absolute atomic E-state index is 0.254. The average molecular weight is 255 g/mol. The van der Waals surface area contributed by atoms with Crippen LogP contribution in [0.2, 0.25) is 0 Å². The van der Waals surface area contributed by atoms with Crippen LogP contribution in [-0.4, -0.2) is 15.7 Å². The molecule has 19 heavy (non-hydrogen) atoms. The van der Waals surface area contributed by atoms with Crippen molar-refractivity contribution < 1.29 is 4.79 Å². The van der Waals surface area contributed by atoms with Gasteiger partial charge in [-0.3, -0.25) is 4.79 Å². The van der Waals surface area contributed by atoms with Crippen molar-refractivity contribution in [3.63, 3.8) is 0 Å². The van der Waals surface area contributed by atoms with Crippen molar-refractivity contribution >= 4 is 12.0 Å². The molecule has 0 fully saturated rings. The Hall–Kier alpha value is -2.36. The van der Waals surface area contributed by atoms with Gasteiger partial charge in [0.1, 0.15) is 0 Å². The molecule has 2 rings (SSSR count). The van der Waals surface area contributed by atoms with Gasteiger partial charge >= 0.3 is 0 Å². The van der Waals surface area contributed by atoms with Gasteiger partial charge in [-0.2, -0.15) is 5.10 Å². The maximum atomic E-state index is 10.7. The molecule has 0 saturated carbocycles. The number of rotatable bonds is 4. The Balaban J connectivity index is 2.27. The van der Waals surface area contributed by atoms with Crippen molar-refractivity contribution in [1.82, 2.24) is 9.78 Å². The zero-order chi connectivity index (χ0) is 13.8. The van der Waals surface area contributed by atoms with Gasteiger partial charge in [0.2, 0.25) is 5.91 Å². The molecule has 1 heterocycles. The van der Waals surface area contributed by atoms with E-state index in [0.717, 1.165) is 22.6 Å². The van der Waals surface area contributed by atoms with Gasteiger partial charge in [0.25, 0.3) is 0 Å². The van der Waals surface area contributed by atoms with Crippen LogP contribution in [-0.2, 0) is 4.79 Å². The summed E-state index contributed by atoms with van der Waals surface area (Å²) in [5.41, 5.74) is 9.21. The summed E-state index contributed by atoms with van der Waals surface area (Å²) in [6, 6.07) is 10.0. The topological polar surface area (TPSA) is 60.9 Å². The molecule has 0 radical (unpaired) electrons. The first kappa shape index (κ1) is 13.1. The van der Waals surface area contributed by atoms with E-state index in [2.05, 4.69) is 5.10 Å². The second kappa shape index (κ2) is 5.52. The van der Waals surface area contributed by atoms with Gasteiger partial charge in [0.15, 0.2) is 0 Å². The van der Waals surface area contributed by atoms with E-state index in [1.54, 1.807) is 6.08 Å². The third-order valence-corrected chi connectivity index (χ3v) is 2.75.